The smallest absolute Gasteiger partial charge is 0.116 e. The number of anilines is 1. The predicted octanol–water partition coefficient (Wildman–Crippen LogP) is 5.51. The van der Waals surface area contributed by atoms with Crippen molar-refractivity contribution in [3.05, 3.63) is 95.8 Å². The van der Waals surface area contributed by atoms with Gasteiger partial charge in [-0.2, -0.15) is 0 Å². The molecule has 0 aliphatic carbocycles. The van der Waals surface area contributed by atoms with Crippen molar-refractivity contribution in [1.82, 2.24) is 16.1 Å². The number of hydrogen-bond acceptors (Lipinski definition) is 4. The van der Waals surface area contributed by atoms with Crippen LogP contribution in [0.25, 0.3) is 5.70 Å². The van der Waals surface area contributed by atoms with Gasteiger partial charge in [-0.05, 0) is 54.2 Å². The molecule has 4 heteroatoms. The van der Waals surface area contributed by atoms with Gasteiger partial charge in [0.1, 0.15) is 6.17 Å². The molecular formula is C28H36N4. The Labute approximate surface area is 193 Å². The van der Waals surface area contributed by atoms with E-state index >= 15 is 0 Å². The Balaban J connectivity index is 1.64. The fraction of sp³-hybridized carbons (Fsp3) is 0.357. The number of rotatable bonds is 9. The Morgan fingerprint density at radius 3 is 2.66 bits per heavy atom. The fourth-order valence-corrected chi connectivity index (χ4v) is 4.63. The first-order valence-corrected chi connectivity index (χ1v) is 11.9. The molecule has 1 unspecified atom stereocenters. The Morgan fingerprint density at radius 1 is 1.09 bits per heavy atom. The lowest BCUT2D eigenvalue weighted by Crippen LogP contribution is -2.45. The topological polar surface area (TPSA) is 39.3 Å². The largest absolute Gasteiger partial charge is 0.388 e. The summed E-state index contributed by atoms with van der Waals surface area (Å²) in [7, 11) is 0. The number of nitrogens with zero attached hydrogens (tertiary/aromatic N) is 1. The summed E-state index contributed by atoms with van der Waals surface area (Å²) in [6, 6.07) is 17.6. The normalized spacial score (nSPS) is 20.2. The molecule has 1 saturated heterocycles. The van der Waals surface area contributed by atoms with E-state index in [0.29, 0.717) is 5.92 Å². The number of allylic oxidation sites excluding steroid dienone is 1. The van der Waals surface area contributed by atoms with Gasteiger partial charge in [0.25, 0.3) is 0 Å². The van der Waals surface area contributed by atoms with E-state index in [9.17, 15) is 0 Å². The van der Waals surface area contributed by atoms with Gasteiger partial charge in [-0.1, -0.05) is 76.2 Å². The third-order valence-electron chi connectivity index (χ3n) is 6.27. The maximum Gasteiger partial charge on any atom is 0.116 e. The molecule has 3 N–H and O–H groups in total. The first kappa shape index (κ1) is 22.2. The maximum atomic E-state index is 4.34. The van der Waals surface area contributed by atoms with Gasteiger partial charge >= 0.3 is 0 Å². The van der Waals surface area contributed by atoms with Crippen LogP contribution >= 0.6 is 0 Å². The number of para-hydroxylation sites is 1. The molecule has 168 valence electrons. The van der Waals surface area contributed by atoms with E-state index in [1.165, 1.54) is 28.1 Å². The third kappa shape index (κ3) is 4.91. The molecule has 4 rings (SSSR count). The second kappa shape index (κ2) is 10.1. The second-order valence-electron chi connectivity index (χ2n) is 8.88. The van der Waals surface area contributed by atoms with E-state index in [-0.39, 0.29) is 6.17 Å². The number of aryl methyl sites for hydroxylation is 2. The van der Waals surface area contributed by atoms with Gasteiger partial charge in [0.2, 0.25) is 0 Å². The second-order valence-corrected chi connectivity index (χ2v) is 8.88. The fourth-order valence-electron chi connectivity index (χ4n) is 4.63. The molecule has 0 radical (unpaired) electrons. The molecule has 2 atom stereocenters. The number of hydrogen-bond donors (Lipinski definition) is 3. The molecule has 4 nitrogen and oxygen atoms in total. The Morgan fingerprint density at radius 2 is 1.91 bits per heavy atom. The molecule has 0 amide bonds. The van der Waals surface area contributed by atoms with Gasteiger partial charge in [0.05, 0.1) is 11.4 Å². The minimum atomic E-state index is -0.0177. The zero-order valence-electron chi connectivity index (χ0n) is 19.5. The van der Waals surface area contributed by atoms with Crippen molar-refractivity contribution in [2.45, 2.75) is 52.1 Å². The standard InChI is InChI=1S/C28H36N4/c1-5-10-22-12-9-14-24(17-22)27-18-28(30-21(4)25-16-20(3)29-19-25)31-32(27)26-15-8-7-13-23(26)11-6-2/h7-9,12-15,17-18,25,28-31H,3-6,10-11,16,19H2,1-2H3/t25-,28?/m0/s1. The average Bonchev–Trinajstić information content (AvgIpc) is 3.41. The van der Waals surface area contributed by atoms with E-state index < -0.39 is 0 Å². The quantitative estimate of drug-likeness (QED) is 0.492. The molecule has 0 bridgehead atoms. The summed E-state index contributed by atoms with van der Waals surface area (Å²) in [5.74, 6) is 0.371. The van der Waals surface area contributed by atoms with Crippen LogP contribution in [-0.2, 0) is 12.8 Å². The van der Waals surface area contributed by atoms with E-state index in [1.807, 2.05) is 0 Å². The Kier molecular flexibility index (Phi) is 7.01. The molecule has 2 aliphatic rings. The van der Waals surface area contributed by atoms with Gasteiger partial charge in [-0.3, -0.25) is 5.01 Å². The van der Waals surface area contributed by atoms with Crippen LogP contribution in [0.3, 0.4) is 0 Å². The highest BCUT2D eigenvalue weighted by molar-refractivity contribution is 5.82. The van der Waals surface area contributed by atoms with Crippen LogP contribution in [0, 0.1) is 5.92 Å². The minimum absolute atomic E-state index is 0.0177. The predicted molar refractivity (Wildman–Crippen MR) is 136 cm³/mol. The molecular weight excluding hydrogens is 392 g/mol. The molecule has 2 aliphatic heterocycles. The monoisotopic (exact) mass is 428 g/mol. The summed E-state index contributed by atoms with van der Waals surface area (Å²) >= 11 is 0. The molecule has 32 heavy (non-hydrogen) atoms. The highest BCUT2D eigenvalue weighted by Crippen LogP contribution is 2.33. The summed E-state index contributed by atoms with van der Waals surface area (Å²) in [4.78, 5) is 0. The SMILES string of the molecule is C=C1C[C@H](C(=C)NC2C=C(c3cccc(CCC)c3)N(c3ccccc3CCC)N2)CN1. The van der Waals surface area contributed by atoms with Crippen LogP contribution < -0.4 is 21.1 Å². The minimum Gasteiger partial charge on any atom is -0.388 e. The van der Waals surface area contributed by atoms with Crippen molar-refractivity contribution >= 4 is 11.4 Å². The zero-order chi connectivity index (χ0) is 22.5. The lowest BCUT2D eigenvalue weighted by atomic mass is 10.0. The van der Waals surface area contributed by atoms with E-state index in [0.717, 1.165) is 50.0 Å². The average molecular weight is 429 g/mol. The molecule has 2 aromatic rings. The summed E-state index contributed by atoms with van der Waals surface area (Å²) in [6.07, 6.45) is 7.63. The number of benzene rings is 2. The van der Waals surface area contributed by atoms with Crippen LogP contribution in [0.4, 0.5) is 5.69 Å². The van der Waals surface area contributed by atoms with E-state index in [2.05, 4.69) is 103 Å². The molecule has 0 spiro atoms. The van der Waals surface area contributed by atoms with Crippen molar-refractivity contribution in [2.24, 2.45) is 5.92 Å². The van der Waals surface area contributed by atoms with Crippen molar-refractivity contribution < 1.29 is 0 Å². The van der Waals surface area contributed by atoms with E-state index in [1.54, 1.807) is 0 Å². The molecule has 2 aromatic carbocycles. The zero-order valence-corrected chi connectivity index (χ0v) is 19.5. The van der Waals surface area contributed by atoms with Crippen molar-refractivity contribution in [1.29, 1.82) is 0 Å². The first-order chi connectivity index (χ1) is 15.6. The summed E-state index contributed by atoms with van der Waals surface area (Å²) in [5, 5.41) is 9.23. The van der Waals surface area contributed by atoms with Crippen LogP contribution in [0.2, 0.25) is 0 Å². The Bertz CT molecular complexity index is 1010. The third-order valence-corrected chi connectivity index (χ3v) is 6.27. The van der Waals surface area contributed by atoms with Crippen LogP contribution in [0.5, 0.6) is 0 Å². The van der Waals surface area contributed by atoms with Gasteiger partial charge < -0.3 is 10.6 Å². The van der Waals surface area contributed by atoms with Gasteiger partial charge in [0.15, 0.2) is 0 Å². The van der Waals surface area contributed by atoms with Crippen LogP contribution in [-0.4, -0.2) is 12.7 Å². The molecule has 0 aromatic heterocycles. The molecule has 0 saturated carbocycles. The van der Waals surface area contributed by atoms with Gasteiger partial charge in [0, 0.05) is 23.9 Å². The summed E-state index contributed by atoms with van der Waals surface area (Å²) < 4.78 is 0. The lowest BCUT2D eigenvalue weighted by Gasteiger charge is -2.28. The van der Waals surface area contributed by atoms with Crippen LogP contribution in [0.15, 0.2) is 79.2 Å². The maximum absolute atomic E-state index is 4.34. The molecule has 2 heterocycles. The summed E-state index contributed by atoms with van der Waals surface area (Å²) in [5.41, 5.74) is 12.2. The lowest BCUT2D eigenvalue weighted by molar-refractivity contribution is 0.519. The van der Waals surface area contributed by atoms with Crippen LogP contribution in [0.1, 0.15) is 49.8 Å². The Hall–Kier alpha value is -2.98. The highest BCUT2D eigenvalue weighted by Gasteiger charge is 2.29. The highest BCUT2D eigenvalue weighted by atomic mass is 15.6. The van der Waals surface area contributed by atoms with Gasteiger partial charge in [-0.25, -0.2) is 5.43 Å². The number of nitrogens with one attached hydrogen (secondary N) is 3. The van der Waals surface area contributed by atoms with Crippen molar-refractivity contribution in [3.8, 4) is 0 Å². The van der Waals surface area contributed by atoms with Crippen molar-refractivity contribution in [2.75, 3.05) is 11.6 Å². The van der Waals surface area contributed by atoms with Crippen molar-refractivity contribution in [3.63, 3.8) is 0 Å². The summed E-state index contributed by atoms with van der Waals surface area (Å²) in [6.45, 7) is 13.8. The van der Waals surface area contributed by atoms with E-state index in [4.69, 9.17) is 0 Å². The number of hydrazine groups is 1. The molecule has 1 fully saturated rings. The first-order valence-electron chi connectivity index (χ1n) is 11.9. The van der Waals surface area contributed by atoms with Gasteiger partial charge in [-0.15, -0.1) is 0 Å².